The zero-order chi connectivity index (χ0) is 25.5. The number of likely N-dealkylation sites (N-methyl/N-ethyl adjacent to an activating group) is 1. The van der Waals surface area contributed by atoms with Crippen LogP contribution in [0.2, 0.25) is 0 Å². The average molecular weight is 491 g/mol. The van der Waals surface area contributed by atoms with Crippen LogP contribution in [0.15, 0.2) is 84.2 Å². The predicted molar refractivity (Wildman–Crippen MR) is 147 cm³/mol. The number of benzene rings is 1. The molecule has 2 N–H and O–H groups in total. The van der Waals surface area contributed by atoms with Crippen molar-refractivity contribution >= 4 is 27.5 Å². The van der Waals surface area contributed by atoms with Crippen LogP contribution in [0.1, 0.15) is 19.0 Å². The van der Waals surface area contributed by atoms with Crippen molar-refractivity contribution in [1.29, 1.82) is 0 Å². The lowest BCUT2D eigenvalue weighted by atomic mass is 10.0. The smallest absolute Gasteiger partial charge is 0.135 e. The van der Waals surface area contributed by atoms with Crippen molar-refractivity contribution in [1.82, 2.24) is 30.0 Å². The van der Waals surface area contributed by atoms with Gasteiger partial charge in [0.25, 0.3) is 0 Å². The highest BCUT2D eigenvalue weighted by Gasteiger charge is 2.17. The van der Waals surface area contributed by atoms with Gasteiger partial charge in [0.1, 0.15) is 17.0 Å². The molecule has 0 amide bonds. The van der Waals surface area contributed by atoms with Gasteiger partial charge in [0.05, 0.1) is 28.6 Å². The highest BCUT2D eigenvalue weighted by Crippen LogP contribution is 2.34. The number of hydrogen-bond acceptors (Lipinski definition) is 4. The Kier molecular flexibility index (Phi) is 5.77. The van der Waals surface area contributed by atoms with Gasteiger partial charge >= 0.3 is 0 Å². The Morgan fingerprint density at radius 2 is 1.86 bits per heavy atom. The summed E-state index contributed by atoms with van der Waals surface area (Å²) in [7, 11) is 4.15. The Morgan fingerprint density at radius 3 is 2.70 bits per heavy atom. The molecule has 4 aromatic heterocycles. The van der Waals surface area contributed by atoms with Crippen molar-refractivity contribution in [3.8, 4) is 22.5 Å². The molecule has 184 valence electrons. The number of H-pyrrole nitrogens is 2. The zero-order valence-electron chi connectivity index (χ0n) is 21.0. The second-order valence-corrected chi connectivity index (χ2v) is 9.79. The van der Waals surface area contributed by atoms with Gasteiger partial charge in [-0.15, -0.1) is 0 Å². The number of allylic oxidation sites excluding steroid dienone is 4. The molecule has 0 spiro atoms. The van der Waals surface area contributed by atoms with Crippen LogP contribution in [0, 0.1) is 5.82 Å². The molecule has 0 saturated carbocycles. The van der Waals surface area contributed by atoms with Crippen LogP contribution >= 0.6 is 0 Å². The molecular weight excluding hydrogens is 463 g/mol. The number of nitrogens with zero attached hydrogens (tertiary/aromatic N) is 4. The fourth-order valence-corrected chi connectivity index (χ4v) is 4.90. The Hall–Kier alpha value is -4.36. The predicted octanol–water partition coefficient (Wildman–Crippen LogP) is 6.53. The summed E-state index contributed by atoms with van der Waals surface area (Å²) in [6.45, 7) is 3.02. The van der Waals surface area contributed by atoms with Gasteiger partial charge in [-0.05, 0) is 68.9 Å². The van der Waals surface area contributed by atoms with Gasteiger partial charge in [-0.1, -0.05) is 35.9 Å². The minimum Gasteiger partial charge on any atom is -0.352 e. The minimum absolute atomic E-state index is 0.279. The van der Waals surface area contributed by atoms with E-state index in [1.165, 1.54) is 17.2 Å². The second kappa shape index (κ2) is 9.26. The molecule has 0 saturated heterocycles. The quantitative estimate of drug-likeness (QED) is 0.294. The number of fused-ring (bicyclic) bond motifs is 2. The van der Waals surface area contributed by atoms with E-state index < -0.39 is 0 Å². The Labute approximate surface area is 214 Å². The van der Waals surface area contributed by atoms with Crippen molar-refractivity contribution in [2.45, 2.75) is 13.3 Å². The molecule has 0 atom stereocenters. The third kappa shape index (κ3) is 4.38. The molecule has 6 rings (SSSR count). The lowest BCUT2D eigenvalue weighted by Gasteiger charge is -2.11. The number of aromatic amines is 2. The average Bonchev–Trinajstić information content (AvgIpc) is 3.45. The number of nitrogens with one attached hydrogen (secondary N) is 2. The highest BCUT2D eigenvalue weighted by atomic mass is 19.1. The Morgan fingerprint density at radius 1 is 1.00 bits per heavy atom. The summed E-state index contributed by atoms with van der Waals surface area (Å²) in [4.78, 5) is 15.0. The summed E-state index contributed by atoms with van der Waals surface area (Å²) in [6.07, 6.45) is 11.0. The highest BCUT2D eigenvalue weighted by molar-refractivity contribution is 6.00. The van der Waals surface area contributed by atoms with E-state index in [0.29, 0.717) is 11.3 Å². The fraction of sp³-hybridized carbons (Fsp3) is 0.167. The number of hydrogen-bond donors (Lipinski definition) is 2. The van der Waals surface area contributed by atoms with Crippen molar-refractivity contribution < 1.29 is 4.39 Å². The topological polar surface area (TPSA) is 73.5 Å². The first-order valence-electron chi connectivity index (χ1n) is 12.3. The summed E-state index contributed by atoms with van der Waals surface area (Å²) in [5, 5.41) is 8.58. The lowest BCUT2D eigenvalue weighted by Crippen LogP contribution is -2.14. The molecule has 1 aliphatic rings. The van der Waals surface area contributed by atoms with Gasteiger partial charge in [-0.25, -0.2) is 9.37 Å². The van der Waals surface area contributed by atoms with Gasteiger partial charge in [-0.2, -0.15) is 5.10 Å². The van der Waals surface area contributed by atoms with Crippen molar-refractivity contribution in [2.24, 2.45) is 0 Å². The zero-order valence-corrected chi connectivity index (χ0v) is 21.0. The number of rotatable bonds is 5. The molecule has 6 nitrogen and oxygen atoms in total. The molecule has 1 aliphatic carbocycles. The standard InChI is InChI=1S/C30H27FN6/c1-18-8-9-20(13-19(12-18)17-37(2)3)25-10-11-26-29(34-25)30(36-35-26)27-14-22-23(15-32-16-28(22)33-27)21-6-4-5-7-24(21)31/h4-7,9-16,33H,8,17H2,1-3H3,(H,35,36). The molecular formula is C30H27FN6. The van der Waals surface area contributed by atoms with E-state index in [2.05, 4.69) is 64.3 Å². The van der Waals surface area contributed by atoms with Gasteiger partial charge in [-0.3, -0.25) is 10.1 Å². The third-order valence-corrected chi connectivity index (χ3v) is 6.58. The third-order valence-electron chi connectivity index (χ3n) is 6.58. The van der Waals surface area contributed by atoms with E-state index >= 15 is 0 Å². The van der Waals surface area contributed by atoms with Crippen LogP contribution in [-0.2, 0) is 0 Å². The molecule has 0 bridgehead atoms. The maximum absolute atomic E-state index is 14.6. The second-order valence-electron chi connectivity index (χ2n) is 9.79. The number of pyridine rings is 2. The van der Waals surface area contributed by atoms with Crippen molar-refractivity contribution in [2.75, 3.05) is 20.6 Å². The summed E-state index contributed by atoms with van der Waals surface area (Å²) in [6, 6.07) is 12.8. The maximum Gasteiger partial charge on any atom is 0.135 e. The summed E-state index contributed by atoms with van der Waals surface area (Å²) in [5.74, 6) is -0.279. The summed E-state index contributed by atoms with van der Waals surface area (Å²) < 4.78 is 14.6. The molecule has 0 aliphatic heterocycles. The van der Waals surface area contributed by atoms with E-state index in [9.17, 15) is 4.39 Å². The normalized spacial score (nSPS) is 14.1. The largest absolute Gasteiger partial charge is 0.352 e. The van der Waals surface area contributed by atoms with Crippen LogP contribution in [-0.4, -0.2) is 50.7 Å². The fourth-order valence-electron chi connectivity index (χ4n) is 4.90. The first-order valence-corrected chi connectivity index (χ1v) is 12.3. The lowest BCUT2D eigenvalue weighted by molar-refractivity contribution is 0.449. The monoisotopic (exact) mass is 490 g/mol. The van der Waals surface area contributed by atoms with Gasteiger partial charge in [0.2, 0.25) is 0 Å². The van der Waals surface area contributed by atoms with Crippen LogP contribution in [0.5, 0.6) is 0 Å². The molecule has 0 unspecified atom stereocenters. The molecule has 7 heteroatoms. The molecule has 5 aromatic rings. The molecule has 1 aromatic carbocycles. The van der Waals surface area contributed by atoms with Crippen molar-refractivity contribution in [3.63, 3.8) is 0 Å². The van der Waals surface area contributed by atoms with Crippen LogP contribution in [0.25, 0.3) is 50.0 Å². The number of halogens is 1. The summed E-state index contributed by atoms with van der Waals surface area (Å²) in [5.41, 5.74) is 9.79. The molecule has 4 heterocycles. The first kappa shape index (κ1) is 23.1. The molecule has 37 heavy (non-hydrogen) atoms. The van der Waals surface area contributed by atoms with E-state index in [1.807, 2.05) is 24.3 Å². The Balaban J connectivity index is 1.44. The molecule has 0 fully saturated rings. The first-order chi connectivity index (χ1) is 18.0. The van der Waals surface area contributed by atoms with E-state index in [4.69, 9.17) is 4.98 Å². The summed E-state index contributed by atoms with van der Waals surface area (Å²) >= 11 is 0. The Bertz CT molecular complexity index is 1730. The van der Waals surface area contributed by atoms with Crippen molar-refractivity contribution in [3.05, 3.63) is 95.7 Å². The maximum atomic E-state index is 14.6. The van der Waals surface area contributed by atoms with Crippen LogP contribution in [0.3, 0.4) is 0 Å². The van der Waals surface area contributed by atoms with Gasteiger partial charge < -0.3 is 9.88 Å². The van der Waals surface area contributed by atoms with Crippen LogP contribution < -0.4 is 0 Å². The SMILES string of the molecule is CC1=CC(CN(C)C)=CC(c2ccc3[nH]nc(-c4cc5c(-c6ccccc6F)cncc5[nH]4)c3n2)=CC1. The van der Waals surface area contributed by atoms with E-state index in [1.54, 1.807) is 24.5 Å². The van der Waals surface area contributed by atoms with E-state index in [0.717, 1.165) is 57.4 Å². The number of aromatic nitrogens is 5. The van der Waals surface area contributed by atoms with Crippen LogP contribution in [0.4, 0.5) is 4.39 Å². The minimum atomic E-state index is -0.279. The van der Waals surface area contributed by atoms with Gasteiger partial charge in [0, 0.05) is 29.3 Å². The molecule has 0 radical (unpaired) electrons. The van der Waals surface area contributed by atoms with E-state index in [-0.39, 0.29) is 5.82 Å². The van der Waals surface area contributed by atoms with Gasteiger partial charge in [0.15, 0.2) is 0 Å².